The summed E-state index contributed by atoms with van der Waals surface area (Å²) in [4.78, 5) is 13.1. The number of aryl methyl sites for hydroxylation is 2. The van der Waals surface area contributed by atoms with Crippen molar-refractivity contribution in [1.82, 2.24) is 4.98 Å². The number of nitrogens with one attached hydrogen (secondary N) is 1. The SMILES string of the molecule is Cc1[nH]cc[n+]1CCC(=O)O.[Br-]. The van der Waals surface area contributed by atoms with Gasteiger partial charge in [-0.2, -0.15) is 0 Å². The van der Waals surface area contributed by atoms with Crippen LogP contribution in [-0.4, -0.2) is 16.1 Å². The third-order valence-corrected chi connectivity index (χ3v) is 1.54. The summed E-state index contributed by atoms with van der Waals surface area (Å²) in [5.41, 5.74) is 0. The summed E-state index contributed by atoms with van der Waals surface area (Å²) in [5, 5.41) is 8.38. The number of rotatable bonds is 3. The van der Waals surface area contributed by atoms with Crippen LogP contribution in [0.15, 0.2) is 12.4 Å². The van der Waals surface area contributed by atoms with Crippen LogP contribution >= 0.6 is 0 Å². The van der Waals surface area contributed by atoms with Gasteiger partial charge in [0.05, 0.1) is 6.42 Å². The van der Waals surface area contributed by atoms with Crippen molar-refractivity contribution in [3.63, 3.8) is 0 Å². The molecule has 5 heteroatoms. The van der Waals surface area contributed by atoms with Gasteiger partial charge in [-0.3, -0.25) is 4.79 Å². The van der Waals surface area contributed by atoms with Crippen molar-refractivity contribution < 1.29 is 31.4 Å². The quantitative estimate of drug-likeness (QED) is 0.552. The van der Waals surface area contributed by atoms with Crippen LogP contribution in [0.4, 0.5) is 0 Å². The molecular formula is C7H11BrN2O2. The van der Waals surface area contributed by atoms with Crippen LogP contribution in [0.5, 0.6) is 0 Å². The van der Waals surface area contributed by atoms with Crippen LogP contribution in [0.2, 0.25) is 0 Å². The van der Waals surface area contributed by atoms with E-state index in [0.717, 1.165) is 5.82 Å². The Labute approximate surface area is 81.0 Å². The van der Waals surface area contributed by atoms with Crippen LogP contribution in [-0.2, 0) is 11.3 Å². The first-order valence-corrected chi connectivity index (χ1v) is 3.45. The number of aromatic nitrogens is 2. The highest BCUT2D eigenvalue weighted by Gasteiger charge is 2.05. The highest BCUT2D eigenvalue weighted by atomic mass is 79.9. The van der Waals surface area contributed by atoms with Gasteiger partial charge >= 0.3 is 5.97 Å². The third-order valence-electron chi connectivity index (χ3n) is 1.54. The molecule has 1 aromatic heterocycles. The molecule has 0 amide bonds. The molecule has 12 heavy (non-hydrogen) atoms. The molecule has 4 nitrogen and oxygen atoms in total. The molecule has 1 aromatic rings. The fourth-order valence-electron chi connectivity index (χ4n) is 0.901. The van der Waals surface area contributed by atoms with Crippen LogP contribution < -0.4 is 21.5 Å². The number of H-pyrrole nitrogens is 1. The molecule has 1 rings (SSSR count). The van der Waals surface area contributed by atoms with Gasteiger partial charge in [-0.25, -0.2) is 9.55 Å². The number of nitrogens with zero attached hydrogens (tertiary/aromatic N) is 1. The van der Waals surface area contributed by atoms with Crippen molar-refractivity contribution in [2.24, 2.45) is 0 Å². The first kappa shape index (κ1) is 11.2. The van der Waals surface area contributed by atoms with Gasteiger partial charge in [0.2, 0.25) is 0 Å². The van der Waals surface area contributed by atoms with Crippen molar-refractivity contribution in [3.05, 3.63) is 18.2 Å². The Morgan fingerprint density at radius 3 is 2.83 bits per heavy atom. The second kappa shape index (κ2) is 4.92. The van der Waals surface area contributed by atoms with Gasteiger partial charge < -0.3 is 22.1 Å². The number of carboxylic acid groups (broad SMARTS) is 1. The number of aromatic amines is 1. The standard InChI is InChI=1S/C7H10N2O2.BrH/c1-6-8-3-5-9(6)4-2-7(10)11;/h3,5H,2,4H2,1H3,(H,10,11);1H. The van der Waals surface area contributed by atoms with Gasteiger partial charge in [-0.15, -0.1) is 0 Å². The average molecular weight is 235 g/mol. The summed E-state index contributed by atoms with van der Waals surface area (Å²) >= 11 is 0. The van der Waals surface area contributed by atoms with E-state index in [1.807, 2.05) is 17.7 Å². The molecule has 0 bridgehead atoms. The van der Waals surface area contributed by atoms with E-state index in [-0.39, 0.29) is 23.4 Å². The number of halogens is 1. The number of carbonyl (C=O) groups is 1. The number of carboxylic acids is 1. The first-order valence-electron chi connectivity index (χ1n) is 3.45. The lowest BCUT2D eigenvalue weighted by atomic mass is 10.4. The molecule has 0 saturated carbocycles. The van der Waals surface area contributed by atoms with E-state index in [9.17, 15) is 4.79 Å². The molecule has 2 N–H and O–H groups in total. The lowest BCUT2D eigenvalue weighted by Gasteiger charge is -1.92. The monoisotopic (exact) mass is 234 g/mol. The lowest BCUT2D eigenvalue weighted by Crippen LogP contribution is -3.00. The van der Waals surface area contributed by atoms with E-state index in [0.29, 0.717) is 6.54 Å². The van der Waals surface area contributed by atoms with E-state index in [4.69, 9.17) is 5.11 Å². The topological polar surface area (TPSA) is 57.0 Å². The Balaban J connectivity index is 0.00000121. The fourth-order valence-corrected chi connectivity index (χ4v) is 0.901. The smallest absolute Gasteiger partial charge is 0.307 e. The highest BCUT2D eigenvalue weighted by Crippen LogP contribution is 1.84. The molecule has 0 atom stereocenters. The Bertz CT molecular complexity index is 260. The molecule has 0 aromatic carbocycles. The maximum Gasteiger partial charge on any atom is 0.307 e. The Hall–Kier alpha value is -0.840. The molecule has 0 aliphatic carbocycles. The van der Waals surface area contributed by atoms with Gasteiger partial charge in [0.15, 0.2) is 0 Å². The summed E-state index contributed by atoms with van der Waals surface area (Å²) in [7, 11) is 0. The minimum atomic E-state index is -0.766. The molecular weight excluding hydrogens is 224 g/mol. The normalized spacial score (nSPS) is 9.08. The number of imidazole rings is 1. The predicted octanol–water partition coefficient (Wildman–Crippen LogP) is -2.91. The molecule has 68 valence electrons. The second-order valence-electron chi connectivity index (χ2n) is 2.38. The van der Waals surface area contributed by atoms with Crippen molar-refractivity contribution in [2.45, 2.75) is 19.9 Å². The summed E-state index contributed by atoms with van der Waals surface area (Å²) in [6.45, 7) is 2.44. The van der Waals surface area contributed by atoms with Gasteiger partial charge in [0, 0.05) is 6.92 Å². The molecule has 0 spiro atoms. The van der Waals surface area contributed by atoms with Crippen molar-refractivity contribution in [2.75, 3.05) is 0 Å². The first-order chi connectivity index (χ1) is 5.20. The summed E-state index contributed by atoms with van der Waals surface area (Å²) in [6.07, 6.45) is 3.79. The zero-order valence-electron chi connectivity index (χ0n) is 6.75. The van der Waals surface area contributed by atoms with Crippen LogP contribution in [0, 0.1) is 6.92 Å². The largest absolute Gasteiger partial charge is 1.00 e. The highest BCUT2D eigenvalue weighted by molar-refractivity contribution is 5.66. The molecule has 0 fully saturated rings. The lowest BCUT2D eigenvalue weighted by molar-refractivity contribution is -0.700. The third kappa shape index (κ3) is 3.04. The second-order valence-corrected chi connectivity index (χ2v) is 2.38. The summed E-state index contributed by atoms with van der Waals surface area (Å²) in [6, 6.07) is 0. The minimum Gasteiger partial charge on any atom is -1.00 e. The van der Waals surface area contributed by atoms with Crippen LogP contribution in [0.25, 0.3) is 0 Å². The van der Waals surface area contributed by atoms with E-state index in [1.54, 1.807) is 6.20 Å². The Morgan fingerprint density at radius 1 is 1.75 bits per heavy atom. The van der Waals surface area contributed by atoms with E-state index in [1.165, 1.54) is 0 Å². The Morgan fingerprint density at radius 2 is 2.42 bits per heavy atom. The Kier molecular flexibility index (Phi) is 4.58. The van der Waals surface area contributed by atoms with Crippen molar-refractivity contribution in [3.8, 4) is 0 Å². The van der Waals surface area contributed by atoms with Gasteiger partial charge in [-0.1, -0.05) is 0 Å². The maximum absolute atomic E-state index is 10.2. The fraction of sp³-hybridized carbons (Fsp3) is 0.429. The van der Waals surface area contributed by atoms with E-state index < -0.39 is 5.97 Å². The average Bonchev–Trinajstić information content (AvgIpc) is 2.31. The van der Waals surface area contributed by atoms with E-state index >= 15 is 0 Å². The van der Waals surface area contributed by atoms with Crippen molar-refractivity contribution in [1.29, 1.82) is 0 Å². The molecule has 1 heterocycles. The molecule has 0 aliphatic heterocycles. The van der Waals surface area contributed by atoms with E-state index in [2.05, 4.69) is 4.98 Å². The minimum absolute atomic E-state index is 0. The van der Waals surface area contributed by atoms with Crippen LogP contribution in [0.3, 0.4) is 0 Å². The maximum atomic E-state index is 10.2. The molecule has 0 aliphatic rings. The zero-order chi connectivity index (χ0) is 8.27. The zero-order valence-corrected chi connectivity index (χ0v) is 8.34. The summed E-state index contributed by atoms with van der Waals surface area (Å²) < 4.78 is 1.87. The predicted molar refractivity (Wildman–Crippen MR) is 38.0 cm³/mol. The number of hydrogen-bond acceptors (Lipinski definition) is 1. The number of hydrogen-bond donors (Lipinski definition) is 2. The molecule has 0 unspecified atom stereocenters. The van der Waals surface area contributed by atoms with Crippen molar-refractivity contribution >= 4 is 5.97 Å². The van der Waals surface area contributed by atoms with Gasteiger partial charge in [-0.05, 0) is 0 Å². The molecule has 0 saturated heterocycles. The van der Waals surface area contributed by atoms with Gasteiger partial charge in [0.1, 0.15) is 18.9 Å². The number of aliphatic carboxylic acids is 1. The summed E-state index contributed by atoms with van der Waals surface area (Å²) in [5.74, 6) is 0.212. The molecule has 0 radical (unpaired) electrons. The van der Waals surface area contributed by atoms with Gasteiger partial charge in [0.25, 0.3) is 5.82 Å². The van der Waals surface area contributed by atoms with Crippen LogP contribution in [0.1, 0.15) is 12.2 Å².